The number of nitrogens with zero attached hydrogens (tertiary/aromatic N) is 2. The number of methoxy groups -OCH3 is 1. The van der Waals surface area contributed by atoms with Gasteiger partial charge in [0, 0.05) is 6.20 Å². The molecule has 4 aromatic rings. The number of hydrogen-bond donors (Lipinski definition) is 3. The highest BCUT2D eigenvalue weighted by molar-refractivity contribution is 7.92. The van der Waals surface area contributed by atoms with E-state index in [1.165, 1.54) is 25.3 Å². The molecule has 0 atom stereocenters. The van der Waals surface area contributed by atoms with Gasteiger partial charge in [0.25, 0.3) is 15.9 Å². The Bertz CT molecular complexity index is 1450. The standard InChI is InChI=1S/C23H20N4O5S2/c1-14-21(33-23(25-14)17-8-5-6-12-24-17)22(29)26-18-13-15(10-11-19(18)28)34(30,31)27-16-7-3-4-9-20(16)32-2/h3-13,27-28H,1-2H3,(H,26,29). The van der Waals surface area contributed by atoms with E-state index in [-0.39, 0.29) is 22.0 Å². The molecule has 0 saturated carbocycles. The molecule has 0 saturated heterocycles. The number of aromatic hydroxyl groups is 1. The van der Waals surface area contributed by atoms with Gasteiger partial charge in [0.05, 0.1) is 34.8 Å². The predicted octanol–water partition coefficient (Wildman–Crippen LogP) is 4.28. The van der Waals surface area contributed by atoms with Gasteiger partial charge < -0.3 is 15.2 Å². The number of para-hydroxylation sites is 2. The number of phenols is 1. The highest BCUT2D eigenvalue weighted by Gasteiger charge is 2.21. The van der Waals surface area contributed by atoms with Gasteiger partial charge in [0.1, 0.15) is 21.4 Å². The Hall–Kier alpha value is -3.96. The first-order valence-electron chi connectivity index (χ1n) is 9.97. The van der Waals surface area contributed by atoms with Crippen LogP contribution in [0.3, 0.4) is 0 Å². The van der Waals surface area contributed by atoms with E-state index in [0.29, 0.717) is 27.0 Å². The number of nitrogens with one attached hydrogen (secondary N) is 2. The SMILES string of the molecule is COc1ccccc1NS(=O)(=O)c1ccc(O)c(NC(=O)c2sc(-c3ccccn3)nc2C)c1. The van der Waals surface area contributed by atoms with Crippen molar-refractivity contribution in [2.75, 3.05) is 17.1 Å². The molecule has 0 bridgehead atoms. The van der Waals surface area contributed by atoms with Crippen molar-refractivity contribution in [1.82, 2.24) is 9.97 Å². The highest BCUT2D eigenvalue weighted by atomic mass is 32.2. The molecule has 34 heavy (non-hydrogen) atoms. The molecule has 9 nitrogen and oxygen atoms in total. The molecule has 0 radical (unpaired) electrons. The van der Waals surface area contributed by atoms with Gasteiger partial charge in [-0.05, 0) is 49.4 Å². The second kappa shape index (κ2) is 9.49. The fourth-order valence-electron chi connectivity index (χ4n) is 3.10. The average molecular weight is 497 g/mol. The van der Waals surface area contributed by atoms with Crippen LogP contribution in [-0.4, -0.2) is 36.5 Å². The summed E-state index contributed by atoms with van der Waals surface area (Å²) < 4.78 is 33.5. The van der Waals surface area contributed by atoms with E-state index in [9.17, 15) is 18.3 Å². The van der Waals surface area contributed by atoms with Crippen molar-refractivity contribution in [1.29, 1.82) is 0 Å². The number of anilines is 2. The molecule has 3 N–H and O–H groups in total. The van der Waals surface area contributed by atoms with Crippen LogP contribution in [-0.2, 0) is 10.0 Å². The van der Waals surface area contributed by atoms with Crippen LogP contribution in [0.4, 0.5) is 11.4 Å². The van der Waals surface area contributed by atoms with E-state index in [1.54, 1.807) is 49.5 Å². The van der Waals surface area contributed by atoms with Crippen molar-refractivity contribution >= 4 is 38.6 Å². The number of ether oxygens (including phenoxy) is 1. The third-order valence-corrected chi connectivity index (χ3v) is 7.31. The summed E-state index contributed by atoms with van der Waals surface area (Å²) in [5, 5.41) is 13.4. The summed E-state index contributed by atoms with van der Waals surface area (Å²) in [6, 6.07) is 15.6. The van der Waals surface area contributed by atoms with Crippen molar-refractivity contribution in [3.63, 3.8) is 0 Å². The molecule has 0 aliphatic heterocycles. The van der Waals surface area contributed by atoms with Crippen LogP contribution >= 0.6 is 11.3 Å². The lowest BCUT2D eigenvalue weighted by Crippen LogP contribution is -2.15. The third kappa shape index (κ3) is 4.85. The average Bonchev–Trinajstić information content (AvgIpc) is 3.23. The zero-order valence-corrected chi connectivity index (χ0v) is 19.8. The predicted molar refractivity (Wildman–Crippen MR) is 130 cm³/mol. The number of aromatic nitrogens is 2. The molecule has 2 aromatic heterocycles. The Balaban J connectivity index is 1.59. The minimum Gasteiger partial charge on any atom is -0.506 e. The van der Waals surface area contributed by atoms with Crippen LogP contribution in [0.1, 0.15) is 15.4 Å². The Morgan fingerprint density at radius 3 is 2.56 bits per heavy atom. The summed E-state index contributed by atoms with van der Waals surface area (Å²) in [7, 11) is -2.60. The lowest BCUT2D eigenvalue weighted by molar-refractivity contribution is 0.102. The minimum absolute atomic E-state index is 0.0555. The van der Waals surface area contributed by atoms with E-state index >= 15 is 0 Å². The number of rotatable bonds is 7. The topological polar surface area (TPSA) is 131 Å². The fraction of sp³-hybridized carbons (Fsp3) is 0.0870. The van der Waals surface area contributed by atoms with Gasteiger partial charge >= 0.3 is 0 Å². The van der Waals surface area contributed by atoms with Gasteiger partial charge in [-0.15, -0.1) is 11.3 Å². The number of amides is 1. The van der Waals surface area contributed by atoms with Gasteiger partial charge in [-0.3, -0.25) is 14.5 Å². The molecule has 0 aliphatic carbocycles. The van der Waals surface area contributed by atoms with Crippen LogP contribution in [0, 0.1) is 6.92 Å². The van der Waals surface area contributed by atoms with Crippen molar-refractivity contribution < 1.29 is 23.1 Å². The largest absolute Gasteiger partial charge is 0.506 e. The van der Waals surface area contributed by atoms with Crippen molar-refractivity contribution in [2.45, 2.75) is 11.8 Å². The number of carbonyl (C=O) groups is 1. The first-order chi connectivity index (χ1) is 16.3. The Labute approximate surface area is 200 Å². The van der Waals surface area contributed by atoms with Crippen molar-refractivity contribution in [2.24, 2.45) is 0 Å². The molecule has 2 aromatic carbocycles. The smallest absolute Gasteiger partial charge is 0.267 e. The minimum atomic E-state index is -4.04. The third-order valence-electron chi connectivity index (χ3n) is 4.76. The van der Waals surface area contributed by atoms with E-state index < -0.39 is 15.9 Å². The summed E-state index contributed by atoms with van der Waals surface area (Å²) in [5.41, 5.74) is 1.32. The molecule has 0 fully saturated rings. The number of aryl methyl sites for hydroxylation is 1. The molecule has 4 rings (SSSR count). The second-order valence-electron chi connectivity index (χ2n) is 7.09. The molecular weight excluding hydrogens is 476 g/mol. The first-order valence-corrected chi connectivity index (χ1v) is 12.3. The van der Waals surface area contributed by atoms with Crippen LogP contribution < -0.4 is 14.8 Å². The summed E-state index contributed by atoms with van der Waals surface area (Å²) >= 11 is 1.15. The van der Waals surface area contributed by atoms with E-state index in [4.69, 9.17) is 4.74 Å². The molecule has 0 unspecified atom stereocenters. The van der Waals surface area contributed by atoms with E-state index in [0.717, 1.165) is 11.3 Å². The van der Waals surface area contributed by atoms with Gasteiger partial charge in [0.15, 0.2) is 0 Å². The van der Waals surface area contributed by atoms with Gasteiger partial charge in [-0.2, -0.15) is 0 Å². The lowest BCUT2D eigenvalue weighted by Gasteiger charge is -2.13. The quantitative estimate of drug-likeness (QED) is 0.326. The second-order valence-corrected chi connectivity index (χ2v) is 9.77. The summed E-state index contributed by atoms with van der Waals surface area (Å²) in [6.07, 6.45) is 1.63. The van der Waals surface area contributed by atoms with Crippen molar-refractivity contribution in [3.8, 4) is 22.2 Å². The molecule has 2 heterocycles. The van der Waals surface area contributed by atoms with Gasteiger partial charge in [0.2, 0.25) is 0 Å². The molecule has 1 amide bonds. The summed E-state index contributed by atoms with van der Waals surface area (Å²) in [5.74, 6) is -0.459. The number of carbonyl (C=O) groups excluding carboxylic acids is 1. The number of thiazole rings is 1. The molecule has 0 aliphatic rings. The maximum Gasteiger partial charge on any atom is 0.267 e. The van der Waals surface area contributed by atoms with Crippen LogP contribution in [0.25, 0.3) is 10.7 Å². The molecular formula is C23H20N4O5S2. The monoisotopic (exact) mass is 496 g/mol. The Kier molecular flexibility index (Phi) is 6.48. The van der Waals surface area contributed by atoms with Crippen LogP contribution in [0.15, 0.2) is 71.8 Å². The van der Waals surface area contributed by atoms with E-state index in [2.05, 4.69) is 20.0 Å². The Morgan fingerprint density at radius 1 is 1.06 bits per heavy atom. The normalized spacial score (nSPS) is 11.1. The molecule has 0 spiro atoms. The lowest BCUT2D eigenvalue weighted by atomic mass is 10.2. The van der Waals surface area contributed by atoms with Crippen LogP contribution in [0.2, 0.25) is 0 Å². The molecule has 11 heteroatoms. The number of phenolic OH excluding ortho intramolecular Hbond substituents is 1. The number of benzene rings is 2. The number of pyridine rings is 1. The number of sulfonamides is 1. The van der Waals surface area contributed by atoms with Gasteiger partial charge in [-0.1, -0.05) is 18.2 Å². The zero-order valence-electron chi connectivity index (χ0n) is 18.1. The summed E-state index contributed by atoms with van der Waals surface area (Å²) in [4.78, 5) is 21.7. The van der Waals surface area contributed by atoms with Crippen molar-refractivity contribution in [3.05, 3.63) is 77.4 Å². The maximum atomic E-state index is 12.9. The Morgan fingerprint density at radius 2 is 1.82 bits per heavy atom. The van der Waals surface area contributed by atoms with Crippen LogP contribution in [0.5, 0.6) is 11.5 Å². The first kappa shape index (κ1) is 23.2. The fourth-order valence-corrected chi connectivity index (χ4v) is 5.13. The maximum absolute atomic E-state index is 12.9. The summed E-state index contributed by atoms with van der Waals surface area (Å²) in [6.45, 7) is 1.69. The van der Waals surface area contributed by atoms with E-state index in [1.807, 2.05) is 6.07 Å². The highest BCUT2D eigenvalue weighted by Crippen LogP contribution is 2.32. The van der Waals surface area contributed by atoms with Gasteiger partial charge in [-0.25, -0.2) is 13.4 Å². The zero-order chi connectivity index (χ0) is 24.3. The molecule has 174 valence electrons. The number of hydrogen-bond acceptors (Lipinski definition) is 8.